The lowest BCUT2D eigenvalue weighted by atomic mass is 9.97. The maximum Gasteiger partial charge on any atom is 0.130 e. The first-order valence-corrected chi connectivity index (χ1v) is 9.29. The zero-order valence-electron chi connectivity index (χ0n) is 15.0. The zero-order chi connectivity index (χ0) is 18.1. The second-order valence-corrected chi connectivity index (χ2v) is 6.71. The number of nitrogens with zero attached hydrogens (tertiary/aromatic N) is 4. The molecule has 7 nitrogen and oxygen atoms in total. The van der Waals surface area contributed by atoms with E-state index in [1.54, 1.807) is 6.20 Å². The van der Waals surface area contributed by atoms with Crippen molar-refractivity contribution in [2.45, 2.75) is 6.42 Å². The fourth-order valence-corrected chi connectivity index (χ4v) is 3.71. The molecule has 5 rings (SSSR count). The molecule has 1 saturated heterocycles. The molecule has 0 saturated carbocycles. The van der Waals surface area contributed by atoms with Gasteiger partial charge in [0.15, 0.2) is 0 Å². The quantitative estimate of drug-likeness (QED) is 0.771. The predicted molar refractivity (Wildman–Crippen MR) is 104 cm³/mol. The number of rotatable bonds is 3. The number of morpholine rings is 1. The number of ether oxygens (including phenoxy) is 2. The molecule has 2 aliphatic heterocycles. The lowest BCUT2D eigenvalue weighted by Crippen LogP contribution is -2.36. The lowest BCUT2D eigenvalue weighted by Gasteiger charge is -2.29. The van der Waals surface area contributed by atoms with Crippen molar-refractivity contribution in [2.75, 3.05) is 44.4 Å². The molecule has 7 heteroatoms. The van der Waals surface area contributed by atoms with Crippen LogP contribution in [0.2, 0.25) is 0 Å². The summed E-state index contributed by atoms with van der Waals surface area (Å²) in [7, 11) is 0. The molecule has 27 heavy (non-hydrogen) atoms. The molecule has 3 aromatic heterocycles. The van der Waals surface area contributed by atoms with Crippen molar-refractivity contribution in [1.29, 1.82) is 0 Å². The van der Waals surface area contributed by atoms with Gasteiger partial charge in [-0.25, -0.2) is 4.98 Å². The molecule has 2 aliphatic rings. The van der Waals surface area contributed by atoms with Gasteiger partial charge in [-0.2, -0.15) is 5.10 Å². The molecule has 0 spiro atoms. The van der Waals surface area contributed by atoms with E-state index in [9.17, 15) is 0 Å². The average molecular weight is 363 g/mol. The summed E-state index contributed by atoms with van der Waals surface area (Å²) in [4.78, 5) is 11.9. The first-order valence-electron chi connectivity index (χ1n) is 9.29. The van der Waals surface area contributed by atoms with E-state index < -0.39 is 0 Å². The van der Waals surface area contributed by atoms with Crippen LogP contribution in [-0.2, 0) is 9.47 Å². The maximum atomic E-state index is 5.52. The van der Waals surface area contributed by atoms with Crippen LogP contribution in [0.15, 0.2) is 36.7 Å². The van der Waals surface area contributed by atoms with Crippen LogP contribution in [0, 0.1) is 0 Å². The fourth-order valence-electron chi connectivity index (χ4n) is 3.71. The maximum absolute atomic E-state index is 5.52. The first-order chi connectivity index (χ1) is 13.4. The van der Waals surface area contributed by atoms with Gasteiger partial charge < -0.3 is 14.4 Å². The summed E-state index contributed by atoms with van der Waals surface area (Å²) in [5.74, 6) is 0.974. The number of aromatic nitrogens is 4. The highest BCUT2D eigenvalue weighted by molar-refractivity contribution is 5.99. The number of fused-ring (bicyclic) bond motifs is 1. The van der Waals surface area contributed by atoms with Crippen LogP contribution in [0.5, 0.6) is 0 Å². The highest BCUT2D eigenvalue weighted by atomic mass is 16.5. The summed E-state index contributed by atoms with van der Waals surface area (Å²) >= 11 is 0. The molecule has 0 aliphatic carbocycles. The van der Waals surface area contributed by atoms with Crippen LogP contribution < -0.4 is 4.90 Å². The zero-order valence-corrected chi connectivity index (χ0v) is 15.0. The SMILES string of the molecule is C1=C(c2cc(N3CCOCC3)nc3c(-c4ccn[nH]4)nccc23)CCOC1. The summed E-state index contributed by atoms with van der Waals surface area (Å²) < 4.78 is 11.0. The van der Waals surface area contributed by atoms with E-state index in [0.29, 0.717) is 6.61 Å². The van der Waals surface area contributed by atoms with Crippen molar-refractivity contribution >= 4 is 22.3 Å². The van der Waals surface area contributed by atoms with Gasteiger partial charge in [0.05, 0.1) is 32.1 Å². The number of pyridine rings is 2. The van der Waals surface area contributed by atoms with Crippen LogP contribution in [0.3, 0.4) is 0 Å². The third-order valence-electron chi connectivity index (χ3n) is 5.11. The van der Waals surface area contributed by atoms with Crippen molar-refractivity contribution in [3.63, 3.8) is 0 Å². The smallest absolute Gasteiger partial charge is 0.130 e. The Kier molecular flexibility index (Phi) is 4.31. The minimum atomic E-state index is 0.657. The molecule has 0 unspecified atom stereocenters. The number of hydrogen-bond acceptors (Lipinski definition) is 6. The van der Waals surface area contributed by atoms with Crippen LogP contribution in [0.4, 0.5) is 5.82 Å². The summed E-state index contributed by atoms with van der Waals surface area (Å²) in [6.45, 7) is 4.56. The summed E-state index contributed by atoms with van der Waals surface area (Å²) in [6.07, 6.45) is 6.67. The Hall–Kier alpha value is -2.77. The van der Waals surface area contributed by atoms with Crippen molar-refractivity contribution < 1.29 is 9.47 Å². The number of anilines is 1. The Morgan fingerprint density at radius 2 is 1.96 bits per heavy atom. The molecule has 5 heterocycles. The molecule has 0 amide bonds. The highest BCUT2D eigenvalue weighted by Crippen LogP contribution is 2.34. The van der Waals surface area contributed by atoms with Crippen molar-refractivity contribution in [2.24, 2.45) is 0 Å². The highest BCUT2D eigenvalue weighted by Gasteiger charge is 2.20. The molecule has 1 fully saturated rings. The second kappa shape index (κ2) is 7.09. The Morgan fingerprint density at radius 3 is 2.74 bits per heavy atom. The Labute approximate surface area is 157 Å². The summed E-state index contributed by atoms with van der Waals surface area (Å²) in [6, 6.07) is 6.19. The van der Waals surface area contributed by atoms with Gasteiger partial charge in [0, 0.05) is 30.9 Å². The van der Waals surface area contributed by atoms with Crippen molar-refractivity contribution in [1.82, 2.24) is 20.2 Å². The summed E-state index contributed by atoms with van der Waals surface area (Å²) in [5, 5.41) is 8.22. The summed E-state index contributed by atoms with van der Waals surface area (Å²) in [5.41, 5.74) is 5.12. The van der Waals surface area contributed by atoms with E-state index in [1.807, 2.05) is 12.3 Å². The van der Waals surface area contributed by atoms with E-state index in [-0.39, 0.29) is 0 Å². The van der Waals surface area contributed by atoms with Crippen LogP contribution in [0.1, 0.15) is 12.0 Å². The molecule has 1 N–H and O–H groups in total. The van der Waals surface area contributed by atoms with Crippen LogP contribution in [-0.4, -0.2) is 59.7 Å². The van der Waals surface area contributed by atoms with Gasteiger partial charge in [-0.05, 0) is 35.8 Å². The third kappa shape index (κ3) is 3.09. The minimum absolute atomic E-state index is 0.657. The van der Waals surface area contributed by atoms with Gasteiger partial charge in [-0.15, -0.1) is 0 Å². The molecule has 3 aromatic rings. The van der Waals surface area contributed by atoms with E-state index in [0.717, 1.165) is 67.4 Å². The van der Waals surface area contributed by atoms with Crippen LogP contribution >= 0.6 is 0 Å². The van der Waals surface area contributed by atoms with E-state index >= 15 is 0 Å². The molecule has 138 valence electrons. The Bertz CT molecular complexity index is 977. The van der Waals surface area contributed by atoms with E-state index in [2.05, 4.69) is 38.3 Å². The van der Waals surface area contributed by atoms with E-state index in [4.69, 9.17) is 14.5 Å². The molecule has 0 bridgehead atoms. The van der Waals surface area contributed by atoms with Gasteiger partial charge >= 0.3 is 0 Å². The Morgan fingerprint density at radius 1 is 1.04 bits per heavy atom. The van der Waals surface area contributed by atoms with E-state index in [1.165, 1.54) is 11.1 Å². The van der Waals surface area contributed by atoms with Crippen LogP contribution in [0.25, 0.3) is 27.9 Å². The number of H-pyrrole nitrogens is 1. The first kappa shape index (κ1) is 16.4. The normalized spacial score (nSPS) is 17.9. The molecule has 0 atom stereocenters. The van der Waals surface area contributed by atoms with Gasteiger partial charge in [-0.3, -0.25) is 10.1 Å². The lowest BCUT2D eigenvalue weighted by molar-refractivity contribution is 0.122. The van der Waals surface area contributed by atoms with Crippen molar-refractivity contribution in [3.8, 4) is 11.4 Å². The molecular formula is C20H21N5O2. The fraction of sp³-hybridized carbons (Fsp3) is 0.350. The second-order valence-electron chi connectivity index (χ2n) is 6.71. The largest absolute Gasteiger partial charge is 0.378 e. The molecule has 0 aromatic carbocycles. The van der Waals surface area contributed by atoms with Gasteiger partial charge in [0.1, 0.15) is 17.0 Å². The third-order valence-corrected chi connectivity index (χ3v) is 5.11. The van der Waals surface area contributed by atoms with Gasteiger partial charge in [-0.1, -0.05) is 6.08 Å². The van der Waals surface area contributed by atoms with Gasteiger partial charge in [0.25, 0.3) is 0 Å². The average Bonchev–Trinajstić information content (AvgIpc) is 3.28. The number of hydrogen-bond donors (Lipinski definition) is 1. The topological polar surface area (TPSA) is 76.2 Å². The standard InChI is InChI=1S/C20H21N5O2/c1-5-21-20(17-2-6-22-24-17)19-15(1)16(14-3-9-26-10-4-14)13-18(23-19)25-7-11-27-12-8-25/h1-3,5-6,13H,4,7-12H2,(H,22,24). The number of aromatic amines is 1. The predicted octanol–water partition coefficient (Wildman–Crippen LogP) is 2.66. The molecule has 0 radical (unpaired) electrons. The molecular weight excluding hydrogens is 342 g/mol. The monoisotopic (exact) mass is 363 g/mol. The minimum Gasteiger partial charge on any atom is -0.378 e. The van der Waals surface area contributed by atoms with Crippen molar-refractivity contribution in [3.05, 3.63) is 42.2 Å². The number of nitrogens with one attached hydrogen (secondary N) is 1. The van der Waals surface area contributed by atoms with Gasteiger partial charge in [0.2, 0.25) is 0 Å². The Balaban J connectivity index is 1.73.